The van der Waals surface area contributed by atoms with Crippen molar-refractivity contribution in [2.45, 2.75) is 37.6 Å². The predicted molar refractivity (Wildman–Crippen MR) is 92.7 cm³/mol. The SMILES string of the molecule is CCC[C@H](C#Cc1ccccc1)N[S@@](=O)c1ccc(C)cc1. The normalized spacial score (nSPS) is 13.0. The minimum absolute atomic E-state index is 0.0765. The molecule has 0 aliphatic heterocycles. The lowest BCUT2D eigenvalue weighted by Gasteiger charge is -2.11. The van der Waals surface area contributed by atoms with Crippen molar-refractivity contribution in [3.8, 4) is 11.8 Å². The first kappa shape index (κ1) is 16.5. The summed E-state index contributed by atoms with van der Waals surface area (Å²) in [5.74, 6) is 6.34. The Bertz CT molecular complexity index is 668. The highest BCUT2D eigenvalue weighted by atomic mass is 32.2. The van der Waals surface area contributed by atoms with E-state index in [1.165, 1.54) is 0 Å². The zero-order valence-electron chi connectivity index (χ0n) is 13.0. The van der Waals surface area contributed by atoms with Crippen LogP contribution in [0, 0.1) is 18.8 Å². The highest BCUT2D eigenvalue weighted by Crippen LogP contribution is 2.08. The Labute approximate surface area is 135 Å². The standard InChI is InChI=1S/C19H21NOS/c1-3-7-18(13-12-17-8-5-4-6-9-17)20-22(21)19-14-10-16(2)11-15-19/h4-6,8-11,14-15,18,20H,3,7H2,1-2H3/t18-,22+/m1/s1. The fourth-order valence-electron chi connectivity index (χ4n) is 2.00. The molecule has 2 aromatic rings. The topological polar surface area (TPSA) is 29.1 Å². The largest absolute Gasteiger partial charge is 0.237 e. The molecule has 114 valence electrons. The summed E-state index contributed by atoms with van der Waals surface area (Å²) in [5, 5.41) is 0. The van der Waals surface area contributed by atoms with E-state index in [1.54, 1.807) is 0 Å². The van der Waals surface area contributed by atoms with Crippen LogP contribution >= 0.6 is 0 Å². The van der Waals surface area contributed by atoms with Crippen molar-refractivity contribution in [2.75, 3.05) is 0 Å². The van der Waals surface area contributed by atoms with E-state index in [2.05, 4.69) is 23.5 Å². The molecule has 2 nitrogen and oxygen atoms in total. The lowest BCUT2D eigenvalue weighted by Crippen LogP contribution is -2.29. The summed E-state index contributed by atoms with van der Waals surface area (Å²) < 4.78 is 15.5. The second-order valence-corrected chi connectivity index (χ2v) is 6.42. The van der Waals surface area contributed by atoms with Crippen molar-refractivity contribution in [3.63, 3.8) is 0 Å². The van der Waals surface area contributed by atoms with E-state index in [9.17, 15) is 4.21 Å². The molecule has 0 bridgehead atoms. The van der Waals surface area contributed by atoms with Gasteiger partial charge in [0.15, 0.2) is 0 Å². The smallest absolute Gasteiger partial charge is 0.126 e. The molecule has 0 spiro atoms. The minimum Gasteiger partial charge on any atom is -0.237 e. The fourth-order valence-corrected chi connectivity index (χ4v) is 2.95. The van der Waals surface area contributed by atoms with E-state index >= 15 is 0 Å². The fraction of sp³-hybridized carbons (Fsp3) is 0.263. The van der Waals surface area contributed by atoms with Gasteiger partial charge in [0.2, 0.25) is 0 Å². The third kappa shape index (κ3) is 5.14. The van der Waals surface area contributed by atoms with Gasteiger partial charge in [0, 0.05) is 5.56 Å². The highest BCUT2D eigenvalue weighted by molar-refractivity contribution is 7.83. The molecule has 0 fully saturated rings. The van der Waals surface area contributed by atoms with Gasteiger partial charge in [-0.3, -0.25) is 0 Å². The van der Waals surface area contributed by atoms with Gasteiger partial charge in [0.25, 0.3) is 0 Å². The van der Waals surface area contributed by atoms with Crippen molar-refractivity contribution < 1.29 is 4.21 Å². The number of hydrogen-bond donors (Lipinski definition) is 1. The first-order chi connectivity index (χ1) is 10.7. The molecule has 0 saturated carbocycles. The second-order valence-electron chi connectivity index (χ2n) is 5.18. The van der Waals surface area contributed by atoms with E-state index in [-0.39, 0.29) is 6.04 Å². The van der Waals surface area contributed by atoms with Crippen LogP contribution in [0.4, 0.5) is 0 Å². The van der Waals surface area contributed by atoms with Crippen LogP contribution in [0.25, 0.3) is 0 Å². The van der Waals surface area contributed by atoms with E-state index in [0.717, 1.165) is 28.9 Å². The molecule has 1 N–H and O–H groups in total. The molecule has 0 saturated heterocycles. The van der Waals surface area contributed by atoms with Gasteiger partial charge < -0.3 is 0 Å². The van der Waals surface area contributed by atoms with Gasteiger partial charge in [0.1, 0.15) is 11.0 Å². The number of aryl methyl sites for hydroxylation is 1. The van der Waals surface area contributed by atoms with Gasteiger partial charge in [-0.2, -0.15) is 0 Å². The average molecular weight is 311 g/mol. The Hall–Kier alpha value is -1.89. The Balaban J connectivity index is 2.07. The third-order valence-electron chi connectivity index (χ3n) is 3.23. The molecule has 22 heavy (non-hydrogen) atoms. The maximum atomic E-state index is 12.4. The van der Waals surface area contributed by atoms with Crippen molar-refractivity contribution in [3.05, 3.63) is 65.7 Å². The van der Waals surface area contributed by atoms with Crippen molar-refractivity contribution in [1.82, 2.24) is 4.72 Å². The number of rotatable bonds is 5. The van der Waals surface area contributed by atoms with Crippen LogP contribution in [0.15, 0.2) is 59.5 Å². The molecule has 0 radical (unpaired) electrons. The van der Waals surface area contributed by atoms with Crippen LogP contribution in [0.1, 0.15) is 30.9 Å². The monoisotopic (exact) mass is 311 g/mol. The number of benzene rings is 2. The Kier molecular flexibility index (Phi) is 6.39. The lowest BCUT2D eigenvalue weighted by atomic mass is 10.1. The minimum atomic E-state index is -1.23. The molecular weight excluding hydrogens is 290 g/mol. The third-order valence-corrected chi connectivity index (χ3v) is 4.43. The van der Waals surface area contributed by atoms with Gasteiger partial charge in [0.05, 0.1) is 10.9 Å². The first-order valence-corrected chi connectivity index (χ1v) is 8.65. The second kappa shape index (κ2) is 8.53. The van der Waals surface area contributed by atoms with Crippen LogP contribution in [0.3, 0.4) is 0 Å². The maximum absolute atomic E-state index is 12.4. The molecule has 2 aromatic carbocycles. The van der Waals surface area contributed by atoms with Crippen molar-refractivity contribution in [2.24, 2.45) is 0 Å². The van der Waals surface area contributed by atoms with Crippen LogP contribution in [-0.2, 0) is 11.0 Å². The summed E-state index contributed by atoms with van der Waals surface area (Å²) in [4.78, 5) is 0.785. The van der Waals surface area contributed by atoms with Gasteiger partial charge in [-0.15, -0.1) is 0 Å². The lowest BCUT2D eigenvalue weighted by molar-refractivity contribution is 0.637. The van der Waals surface area contributed by atoms with Crippen molar-refractivity contribution >= 4 is 11.0 Å². The molecular formula is C19H21NOS. The summed E-state index contributed by atoms with van der Waals surface area (Å²) in [6, 6.07) is 17.5. The van der Waals surface area contributed by atoms with Gasteiger partial charge in [-0.05, 0) is 37.6 Å². The number of hydrogen-bond acceptors (Lipinski definition) is 1. The van der Waals surface area contributed by atoms with E-state index in [0.29, 0.717) is 0 Å². The van der Waals surface area contributed by atoms with Gasteiger partial charge >= 0.3 is 0 Å². The molecule has 0 heterocycles. The van der Waals surface area contributed by atoms with Gasteiger partial charge in [-0.25, -0.2) is 8.93 Å². The highest BCUT2D eigenvalue weighted by Gasteiger charge is 2.09. The summed E-state index contributed by atoms with van der Waals surface area (Å²) in [7, 11) is -1.23. The summed E-state index contributed by atoms with van der Waals surface area (Å²) in [6.45, 7) is 4.12. The van der Waals surface area contributed by atoms with Crippen LogP contribution in [-0.4, -0.2) is 10.3 Å². The molecule has 0 aliphatic carbocycles. The molecule has 0 unspecified atom stereocenters. The zero-order chi connectivity index (χ0) is 15.8. The molecule has 0 aliphatic rings. The van der Waals surface area contributed by atoms with Crippen molar-refractivity contribution in [1.29, 1.82) is 0 Å². The van der Waals surface area contributed by atoms with Crippen LogP contribution in [0.2, 0.25) is 0 Å². The molecule has 3 heteroatoms. The first-order valence-electron chi connectivity index (χ1n) is 7.50. The van der Waals surface area contributed by atoms with E-state index in [4.69, 9.17) is 0 Å². The Morgan fingerprint density at radius 3 is 2.41 bits per heavy atom. The molecule has 0 aromatic heterocycles. The summed E-state index contributed by atoms with van der Waals surface area (Å²) in [6.07, 6.45) is 1.86. The van der Waals surface area contributed by atoms with Crippen LogP contribution < -0.4 is 4.72 Å². The maximum Gasteiger partial charge on any atom is 0.126 e. The predicted octanol–water partition coefficient (Wildman–Crippen LogP) is 3.83. The quantitative estimate of drug-likeness (QED) is 0.836. The zero-order valence-corrected chi connectivity index (χ0v) is 13.8. The molecule has 2 atom stereocenters. The van der Waals surface area contributed by atoms with Gasteiger partial charge in [-0.1, -0.05) is 61.1 Å². The molecule has 2 rings (SSSR count). The average Bonchev–Trinajstić information content (AvgIpc) is 2.54. The Morgan fingerprint density at radius 2 is 1.77 bits per heavy atom. The Morgan fingerprint density at radius 1 is 1.09 bits per heavy atom. The number of nitrogens with one attached hydrogen (secondary N) is 1. The van der Waals surface area contributed by atoms with E-state index < -0.39 is 11.0 Å². The van der Waals surface area contributed by atoms with E-state index in [1.807, 2.05) is 61.5 Å². The molecule has 0 amide bonds. The summed E-state index contributed by atoms with van der Waals surface area (Å²) in [5.41, 5.74) is 2.14. The summed E-state index contributed by atoms with van der Waals surface area (Å²) >= 11 is 0. The van der Waals surface area contributed by atoms with Crippen LogP contribution in [0.5, 0.6) is 0 Å².